The van der Waals surface area contributed by atoms with Crippen molar-refractivity contribution in [1.29, 1.82) is 0 Å². The Balaban J connectivity index is 2.10. The zero-order chi connectivity index (χ0) is 10.2. The second-order valence-corrected chi connectivity index (χ2v) is 2.95. The van der Waals surface area contributed by atoms with E-state index in [9.17, 15) is 4.79 Å². The average Bonchev–Trinajstić information content (AvgIpc) is 2.70. The molecule has 0 bridgehead atoms. The first kappa shape index (κ1) is 10.7. The van der Waals surface area contributed by atoms with Crippen LogP contribution in [0.3, 0.4) is 0 Å². The Bertz CT molecular complexity index is 258. The highest BCUT2D eigenvalue weighted by Gasteiger charge is 2.04. The Labute approximate surface area is 83.3 Å². The molecule has 0 fully saturated rings. The van der Waals surface area contributed by atoms with Gasteiger partial charge in [-0.1, -0.05) is 6.92 Å². The molecule has 0 aliphatic rings. The zero-order valence-electron chi connectivity index (χ0n) is 8.34. The van der Waals surface area contributed by atoms with E-state index in [4.69, 9.17) is 0 Å². The van der Waals surface area contributed by atoms with Crippen LogP contribution in [0.4, 0.5) is 0 Å². The molecule has 5 heteroatoms. The van der Waals surface area contributed by atoms with Crippen LogP contribution in [0.2, 0.25) is 0 Å². The summed E-state index contributed by atoms with van der Waals surface area (Å²) in [7, 11) is 0. The fraction of sp³-hybridized carbons (Fsp3) is 0.556. The molecule has 1 aromatic rings. The Hall–Kier alpha value is -1.36. The fourth-order valence-corrected chi connectivity index (χ4v) is 1.07. The summed E-state index contributed by atoms with van der Waals surface area (Å²) in [6.07, 6.45) is 4.04. The lowest BCUT2D eigenvalue weighted by molar-refractivity contribution is 0.0953. The van der Waals surface area contributed by atoms with E-state index < -0.39 is 0 Å². The second-order valence-electron chi connectivity index (χ2n) is 2.95. The summed E-state index contributed by atoms with van der Waals surface area (Å²) in [5.74, 6) is -0.0738. The minimum absolute atomic E-state index is 0.0738. The van der Waals surface area contributed by atoms with Gasteiger partial charge in [-0.2, -0.15) is 5.10 Å². The van der Waals surface area contributed by atoms with Crippen molar-refractivity contribution in [3.63, 3.8) is 0 Å². The lowest BCUT2D eigenvalue weighted by Crippen LogP contribution is -2.27. The molecule has 5 nitrogen and oxygen atoms in total. The van der Waals surface area contributed by atoms with Crippen LogP contribution >= 0.6 is 0 Å². The number of nitrogens with zero attached hydrogens (tertiary/aromatic N) is 1. The molecule has 0 radical (unpaired) electrons. The van der Waals surface area contributed by atoms with Crippen LogP contribution in [0.15, 0.2) is 12.4 Å². The van der Waals surface area contributed by atoms with Gasteiger partial charge in [0.05, 0.1) is 11.8 Å². The van der Waals surface area contributed by atoms with Gasteiger partial charge in [-0.3, -0.25) is 9.89 Å². The summed E-state index contributed by atoms with van der Waals surface area (Å²) in [5, 5.41) is 12.3. The Kier molecular flexibility index (Phi) is 4.71. The summed E-state index contributed by atoms with van der Waals surface area (Å²) >= 11 is 0. The van der Waals surface area contributed by atoms with E-state index >= 15 is 0 Å². The van der Waals surface area contributed by atoms with Crippen LogP contribution < -0.4 is 10.6 Å². The molecule has 0 saturated carbocycles. The van der Waals surface area contributed by atoms with E-state index in [0.717, 1.165) is 19.5 Å². The molecular weight excluding hydrogens is 180 g/mol. The predicted molar refractivity (Wildman–Crippen MR) is 54.1 cm³/mol. The number of hydrogen-bond acceptors (Lipinski definition) is 3. The summed E-state index contributed by atoms with van der Waals surface area (Å²) in [5.41, 5.74) is 0.577. The lowest BCUT2D eigenvalue weighted by atomic mass is 10.3. The van der Waals surface area contributed by atoms with Gasteiger partial charge in [0.1, 0.15) is 0 Å². The first-order valence-electron chi connectivity index (χ1n) is 4.82. The van der Waals surface area contributed by atoms with Gasteiger partial charge in [0.2, 0.25) is 0 Å². The van der Waals surface area contributed by atoms with Gasteiger partial charge in [0.15, 0.2) is 0 Å². The van der Waals surface area contributed by atoms with Crippen molar-refractivity contribution in [3.05, 3.63) is 18.0 Å². The van der Waals surface area contributed by atoms with Crippen molar-refractivity contribution in [2.75, 3.05) is 19.6 Å². The number of H-pyrrole nitrogens is 1. The number of aromatic amines is 1. The van der Waals surface area contributed by atoms with E-state index in [0.29, 0.717) is 12.1 Å². The van der Waals surface area contributed by atoms with Crippen molar-refractivity contribution < 1.29 is 4.79 Å². The molecule has 0 aliphatic carbocycles. The van der Waals surface area contributed by atoms with Crippen molar-refractivity contribution in [2.45, 2.75) is 13.3 Å². The molecule has 0 unspecified atom stereocenters. The highest BCUT2D eigenvalue weighted by molar-refractivity contribution is 5.93. The quantitative estimate of drug-likeness (QED) is 0.567. The first-order chi connectivity index (χ1) is 6.84. The third kappa shape index (κ3) is 3.57. The molecule has 0 saturated heterocycles. The molecule has 0 aliphatic heterocycles. The third-order valence-electron chi connectivity index (χ3n) is 1.83. The highest BCUT2D eigenvalue weighted by atomic mass is 16.1. The summed E-state index contributed by atoms with van der Waals surface area (Å²) in [6, 6.07) is 0. The first-order valence-corrected chi connectivity index (χ1v) is 4.82. The van der Waals surface area contributed by atoms with E-state index in [1.54, 1.807) is 6.20 Å². The molecular formula is C9H16N4O. The molecule has 1 rings (SSSR count). The van der Waals surface area contributed by atoms with Crippen molar-refractivity contribution in [1.82, 2.24) is 20.8 Å². The molecule has 1 aromatic heterocycles. The van der Waals surface area contributed by atoms with Crippen LogP contribution in [-0.2, 0) is 0 Å². The second kappa shape index (κ2) is 6.15. The SMILES string of the molecule is CCNCCCNC(=O)c1cn[nH]c1. The third-order valence-corrected chi connectivity index (χ3v) is 1.83. The van der Waals surface area contributed by atoms with Crippen LogP contribution in [0.25, 0.3) is 0 Å². The summed E-state index contributed by atoms with van der Waals surface area (Å²) in [6.45, 7) is 4.65. The van der Waals surface area contributed by atoms with Gasteiger partial charge in [-0.05, 0) is 19.5 Å². The van der Waals surface area contributed by atoms with Crippen LogP contribution in [0.1, 0.15) is 23.7 Å². The molecule has 0 atom stereocenters. The van der Waals surface area contributed by atoms with Crippen molar-refractivity contribution in [3.8, 4) is 0 Å². The highest BCUT2D eigenvalue weighted by Crippen LogP contribution is 1.92. The van der Waals surface area contributed by atoms with Gasteiger partial charge in [0.25, 0.3) is 5.91 Å². The Morgan fingerprint density at radius 1 is 1.57 bits per heavy atom. The minimum Gasteiger partial charge on any atom is -0.352 e. The monoisotopic (exact) mass is 196 g/mol. The molecule has 14 heavy (non-hydrogen) atoms. The van der Waals surface area contributed by atoms with E-state index in [-0.39, 0.29) is 5.91 Å². The average molecular weight is 196 g/mol. The van der Waals surface area contributed by atoms with E-state index in [2.05, 4.69) is 27.8 Å². The fourth-order valence-electron chi connectivity index (χ4n) is 1.07. The number of rotatable bonds is 6. The zero-order valence-corrected chi connectivity index (χ0v) is 8.34. The number of carbonyl (C=O) groups is 1. The molecule has 1 amide bonds. The van der Waals surface area contributed by atoms with Gasteiger partial charge >= 0.3 is 0 Å². The molecule has 78 valence electrons. The number of aromatic nitrogens is 2. The van der Waals surface area contributed by atoms with Gasteiger partial charge in [0, 0.05) is 12.7 Å². The van der Waals surface area contributed by atoms with Gasteiger partial charge in [-0.15, -0.1) is 0 Å². The number of nitrogens with one attached hydrogen (secondary N) is 3. The normalized spacial score (nSPS) is 10.1. The maximum Gasteiger partial charge on any atom is 0.254 e. The Morgan fingerprint density at radius 3 is 3.07 bits per heavy atom. The molecule has 0 spiro atoms. The standard InChI is InChI=1S/C9H16N4O/c1-2-10-4-3-5-11-9(14)8-6-12-13-7-8/h6-7,10H,2-5H2,1H3,(H,11,14)(H,12,13). The number of amides is 1. The Morgan fingerprint density at radius 2 is 2.43 bits per heavy atom. The smallest absolute Gasteiger partial charge is 0.254 e. The lowest BCUT2D eigenvalue weighted by Gasteiger charge is -2.03. The summed E-state index contributed by atoms with van der Waals surface area (Å²) in [4.78, 5) is 11.3. The number of hydrogen-bond donors (Lipinski definition) is 3. The number of carbonyl (C=O) groups excluding carboxylic acids is 1. The summed E-state index contributed by atoms with van der Waals surface area (Å²) < 4.78 is 0. The van der Waals surface area contributed by atoms with Crippen molar-refractivity contribution >= 4 is 5.91 Å². The van der Waals surface area contributed by atoms with Crippen LogP contribution in [0.5, 0.6) is 0 Å². The van der Waals surface area contributed by atoms with Crippen molar-refractivity contribution in [2.24, 2.45) is 0 Å². The van der Waals surface area contributed by atoms with Crippen LogP contribution in [0, 0.1) is 0 Å². The van der Waals surface area contributed by atoms with Crippen LogP contribution in [-0.4, -0.2) is 35.7 Å². The topological polar surface area (TPSA) is 69.8 Å². The van der Waals surface area contributed by atoms with E-state index in [1.165, 1.54) is 6.20 Å². The minimum atomic E-state index is -0.0738. The van der Waals surface area contributed by atoms with Gasteiger partial charge in [-0.25, -0.2) is 0 Å². The maximum atomic E-state index is 11.3. The molecule has 1 heterocycles. The van der Waals surface area contributed by atoms with E-state index in [1.807, 2.05) is 0 Å². The predicted octanol–water partition coefficient (Wildman–Crippen LogP) is 0.139. The van der Waals surface area contributed by atoms with Gasteiger partial charge < -0.3 is 10.6 Å². The maximum absolute atomic E-state index is 11.3. The molecule has 3 N–H and O–H groups in total. The molecule has 0 aromatic carbocycles. The largest absolute Gasteiger partial charge is 0.352 e.